The smallest absolute Gasteiger partial charge is 0.104 e. The van der Waals surface area contributed by atoms with Crippen LogP contribution in [0.3, 0.4) is 0 Å². The Bertz CT molecular complexity index is 621. The third-order valence-electron chi connectivity index (χ3n) is 2.91. The van der Waals surface area contributed by atoms with Gasteiger partial charge in [0.1, 0.15) is 6.61 Å². The monoisotopic (exact) mass is 285 g/mol. The second-order valence-corrected chi connectivity index (χ2v) is 6.06. The molecule has 20 heavy (non-hydrogen) atoms. The predicted octanol–water partition coefficient (Wildman–Crippen LogP) is 3.03. The Balaban J connectivity index is 1.94. The molecule has 0 unspecified atom stereocenters. The van der Waals surface area contributed by atoms with Crippen molar-refractivity contribution < 1.29 is 5.11 Å². The highest BCUT2D eigenvalue weighted by Gasteiger charge is 2.04. The number of aryl methyl sites for hydroxylation is 1. The Morgan fingerprint density at radius 3 is 2.80 bits per heavy atom. The predicted molar refractivity (Wildman–Crippen MR) is 84.6 cm³/mol. The summed E-state index contributed by atoms with van der Waals surface area (Å²) >= 11 is 1.69. The Morgan fingerprint density at radius 1 is 1.20 bits per heavy atom. The van der Waals surface area contributed by atoms with E-state index in [2.05, 4.69) is 61.0 Å². The van der Waals surface area contributed by atoms with Crippen LogP contribution < -0.4 is 0 Å². The van der Waals surface area contributed by atoms with Gasteiger partial charge in [-0.05, 0) is 31.7 Å². The lowest BCUT2D eigenvalue weighted by atomic mass is 10.1. The average Bonchev–Trinajstić information content (AvgIpc) is 2.83. The van der Waals surface area contributed by atoms with E-state index in [0.717, 1.165) is 18.0 Å². The third kappa shape index (κ3) is 4.50. The maximum atomic E-state index is 8.69. The maximum Gasteiger partial charge on any atom is 0.104 e. The lowest BCUT2D eigenvalue weighted by molar-refractivity contribution is 0.322. The molecule has 1 N–H and O–H groups in total. The van der Waals surface area contributed by atoms with Crippen LogP contribution in [0.1, 0.15) is 20.9 Å². The van der Waals surface area contributed by atoms with E-state index in [1.54, 1.807) is 11.3 Å². The van der Waals surface area contributed by atoms with Crippen LogP contribution in [0.4, 0.5) is 0 Å². The zero-order valence-electron chi connectivity index (χ0n) is 11.9. The van der Waals surface area contributed by atoms with Crippen LogP contribution in [0, 0.1) is 18.8 Å². The Kier molecular flexibility index (Phi) is 5.37. The van der Waals surface area contributed by atoms with Gasteiger partial charge in [0.15, 0.2) is 0 Å². The summed E-state index contributed by atoms with van der Waals surface area (Å²) in [6.45, 7) is 3.89. The van der Waals surface area contributed by atoms with Crippen LogP contribution in [0.15, 0.2) is 36.4 Å². The maximum absolute atomic E-state index is 8.69. The Hall–Kier alpha value is -1.60. The number of thiophene rings is 1. The van der Waals surface area contributed by atoms with E-state index in [4.69, 9.17) is 5.11 Å². The molecule has 0 aliphatic rings. The minimum atomic E-state index is -0.0828. The molecule has 2 nitrogen and oxygen atoms in total. The fourth-order valence-electron chi connectivity index (χ4n) is 2.10. The number of benzene rings is 1. The van der Waals surface area contributed by atoms with Gasteiger partial charge >= 0.3 is 0 Å². The summed E-state index contributed by atoms with van der Waals surface area (Å²) in [6.07, 6.45) is 0. The minimum absolute atomic E-state index is 0.0828. The molecule has 0 aliphatic heterocycles. The normalized spacial score (nSPS) is 10.4. The number of hydrogen-bond acceptors (Lipinski definition) is 3. The molecule has 0 bridgehead atoms. The summed E-state index contributed by atoms with van der Waals surface area (Å²) in [5.41, 5.74) is 2.64. The molecule has 104 valence electrons. The topological polar surface area (TPSA) is 23.5 Å². The molecular formula is C17H19NOS. The van der Waals surface area contributed by atoms with Crippen LogP contribution in [-0.2, 0) is 13.1 Å². The van der Waals surface area contributed by atoms with Gasteiger partial charge in [-0.2, -0.15) is 0 Å². The summed E-state index contributed by atoms with van der Waals surface area (Å²) in [7, 11) is 2.13. The summed E-state index contributed by atoms with van der Waals surface area (Å²) < 4.78 is 0. The Morgan fingerprint density at radius 2 is 2.05 bits per heavy atom. The van der Waals surface area contributed by atoms with Crippen molar-refractivity contribution in [3.05, 3.63) is 57.3 Å². The van der Waals surface area contributed by atoms with Crippen molar-refractivity contribution in [1.29, 1.82) is 0 Å². The SMILES string of the molecule is Cc1cccc(CN(C)Cc2ccc(C#CCO)s2)c1. The average molecular weight is 285 g/mol. The molecule has 1 aromatic heterocycles. The molecular weight excluding hydrogens is 266 g/mol. The fourth-order valence-corrected chi connectivity index (χ4v) is 3.06. The fraction of sp³-hybridized carbons (Fsp3) is 0.294. The highest BCUT2D eigenvalue weighted by atomic mass is 32.1. The first kappa shape index (κ1) is 14.8. The van der Waals surface area contributed by atoms with E-state index < -0.39 is 0 Å². The third-order valence-corrected chi connectivity index (χ3v) is 3.90. The molecule has 3 heteroatoms. The molecule has 1 heterocycles. The standard InChI is InChI=1S/C17H19NOS/c1-14-5-3-6-15(11-14)12-18(2)13-17-9-8-16(20-17)7-4-10-19/h3,5-6,8-9,11,19H,10,12-13H2,1-2H3. The number of aliphatic hydroxyl groups excluding tert-OH is 1. The van der Waals surface area contributed by atoms with Crippen molar-refractivity contribution >= 4 is 11.3 Å². The summed E-state index contributed by atoms with van der Waals surface area (Å²) in [4.78, 5) is 4.60. The Labute approximate surface area is 124 Å². The highest BCUT2D eigenvalue weighted by Crippen LogP contribution is 2.18. The van der Waals surface area contributed by atoms with Crippen LogP contribution in [-0.4, -0.2) is 23.7 Å². The van der Waals surface area contributed by atoms with Gasteiger partial charge in [-0.1, -0.05) is 41.7 Å². The van der Waals surface area contributed by atoms with Gasteiger partial charge in [0.25, 0.3) is 0 Å². The molecule has 0 fully saturated rings. The number of hydrogen-bond donors (Lipinski definition) is 1. The molecule has 2 aromatic rings. The van der Waals surface area contributed by atoms with Gasteiger partial charge in [0.2, 0.25) is 0 Å². The lowest BCUT2D eigenvalue weighted by Crippen LogP contribution is -2.16. The summed E-state index contributed by atoms with van der Waals surface area (Å²) in [5.74, 6) is 5.62. The van der Waals surface area contributed by atoms with Crippen molar-refractivity contribution in [3.8, 4) is 11.8 Å². The van der Waals surface area contributed by atoms with E-state index in [0.29, 0.717) is 0 Å². The second-order valence-electron chi connectivity index (χ2n) is 4.89. The molecule has 0 aliphatic carbocycles. The molecule has 0 radical (unpaired) electrons. The van der Waals surface area contributed by atoms with Gasteiger partial charge in [0.05, 0.1) is 4.88 Å². The van der Waals surface area contributed by atoms with Crippen LogP contribution >= 0.6 is 11.3 Å². The summed E-state index contributed by atoms with van der Waals surface area (Å²) in [6, 6.07) is 12.7. The first-order valence-corrected chi connectivity index (χ1v) is 7.41. The second kappa shape index (κ2) is 7.25. The molecule has 0 saturated carbocycles. The molecule has 0 saturated heterocycles. The van der Waals surface area contributed by atoms with Gasteiger partial charge in [-0.15, -0.1) is 11.3 Å². The van der Waals surface area contributed by atoms with Crippen molar-refractivity contribution in [3.63, 3.8) is 0 Å². The number of aliphatic hydroxyl groups is 1. The van der Waals surface area contributed by atoms with Crippen LogP contribution in [0.5, 0.6) is 0 Å². The molecule has 0 amide bonds. The van der Waals surface area contributed by atoms with Crippen molar-refractivity contribution in [2.24, 2.45) is 0 Å². The van der Waals surface area contributed by atoms with Crippen molar-refractivity contribution in [2.75, 3.05) is 13.7 Å². The van der Waals surface area contributed by atoms with Gasteiger partial charge in [-0.3, -0.25) is 4.90 Å². The molecule has 1 aromatic carbocycles. The van der Waals surface area contributed by atoms with E-state index in [1.807, 2.05) is 6.07 Å². The number of rotatable bonds is 4. The zero-order chi connectivity index (χ0) is 14.4. The van der Waals surface area contributed by atoms with Gasteiger partial charge in [-0.25, -0.2) is 0 Å². The van der Waals surface area contributed by atoms with Crippen LogP contribution in [0.2, 0.25) is 0 Å². The summed E-state index contributed by atoms with van der Waals surface area (Å²) in [5, 5.41) is 8.69. The quantitative estimate of drug-likeness (QED) is 0.873. The van der Waals surface area contributed by atoms with E-state index in [-0.39, 0.29) is 6.61 Å². The first-order valence-electron chi connectivity index (χ1n) is 6.60. The first-order chi connectivity index (χ1) is 9.67. The van der Waals surface area contributed by atoms with Gasteiger partial charge < -0.3 is 5.11 Å². The zero-order valence-corrected chi connectivity index (χ0v) is 12.7. The van der Waals surface area contributed by atoms with E-state index in [1.165, 1.54) is 16.0 Å². The molecule has 2 rings (SSSR count). The minimum Gasteiger partial charge on any atom is -0.384 e. The molecule has 0 spiro atoms. The van der Waals surface area contributed by atoms with Crippen molar-refractivity contribution in [1.82, 2.24) is 4.90 Å². The van der Waals surface area contributed by atoms with Gasteiger partial charge in [0, 0.05) is 18.0 Å². The highest BCUT2D eigenvalue weighted by molar-refractivity contribution is 7.12. The van der Waals surface area contributed by atoms with E-state index in [9.17, 15) is 0 Å². The number of nitrogens with zero attached hydrogens (tertiary/aromatic N) is 1. The van der Waals surface area contributed by atoms with Crippen LogP contribution in [0.25, 0.3) is 0 Å². The van der Waals surface area contributed by atoms with Crippen molar-refractivity contribution in [2.45, 2.75) is 20.0 Å². The lowest BCUT2D eigenvalue weighted by Gasteiger charge is -2.15. The van der Waals surface area contributed by atoms with E-state index >= 15 is 0 Å². The largest absolute Gasteiger partial charge is 0.384 e. The molecule has 0 atom stereocenters.